The summed E-state index contributed by atoms with van der Waals surface area (Å²) < 4.78 is -0.507. The van der Waals surface area contributed by atoms with E-state index in [0.29, 0.717) is 6.54 Å². The van der Waals surface area contributed by atoms with Crippen LogP contribution in [0.2, 0.25) is 0 Å². The number of carbonyl (C=O) groups is 1. The normalized spacial score (nSPS) is 11.5. The highest BCUT2D eigenvalue weighted by Gasteiger charge is 2.27. The highest BCUT2D eigenvalue weighted by Crippen LogP contribution is 2.20. The molecule has 5 heteroatoms. The Hall–Kier alpha value is -0.420. The SMILES string of the molecule is Cc1nc(CN(C)C(=O)C(C)(C)Br)cs1. The van der Waals surface area contributed by atoms with E-state index >= 15 is 0 Å². The molecule has 0 aliphatic rings. The number of hydrogen-bond donors (Lipinski definition) is 0. The van der Waals surface area contributed by atoms with Gasteiger partial charge in [-0.3, -0.25) is 4.79 Å². The Morgan fingerprint density at radius 1 is 1.67 bits per heavy atom. The van der Waals surface area contributed by atoms with Gasteiger partial charge in [0.1, 0.15) is 0 Å². The maximum Gasteiger partial charge on any atom is 0.238 e. The van der Waals surface area contributed by atoms with Gasteiger partial charge in [0.15, 0.2) is 0 Å². The zero-order valence-corrected chi connectivity index (χ0v) is 11.8. The fourth-order valence-corrected chi connectivity index (χ4v) is 2.16. The number of thiazole rings is 1. The Morgan fingerprint density at radius 3 is 2.67 bits per heavy atom. The van der Waals surface area contributed by atoms with Crippen molar-refractivity contribution in [2.75, 3.05) is 7.05 Å². The fraction of sp³-hybridized carbons (Fsp3) is 0.600. The fourth-order valence-electron chi connectivity index (χ4n) is 1.25. The molecular weight excluding hydrogens is 276 g/mol. The molecule has 0 aromatic carbocycles. The average molecular weight is 291 g/mol. The highest BCUT2D eigenvalue weighted by molar-refractivity contribution is 9.10. The van der Waals surface area contributed by atoms with Gasteiger partial charge in [-0.1, -0.05) is 15.9 Å². The average Bonchev–Trinajstić information content (AvgIpc) is 2.48. The van der Waals surface area contributed by atoms with Crippen molar-refractivity contribution in [2.24, 2.45) is 0 Å². The van der Waals surface area contributed by atoms with Crippen molar-refractivity contribution >= 4 is 33.2 Å². The summed E-state index contributed by atoms with van der Waals surface area (Å²) in [6, 6.07) is 0. The molecule has 0 saturated heterocycles. The third-order valence-corrected chi connectivity index (χ3v) is 3.08. The van der Waals surface area contributed by atoms with E-state index in [0.717, 1.165) is 10.7 Å². The van der Waals surface area contributed by atoms with Gasteiger partial charge in [-0.15, -0.1) is 11.3 Å². The van der Waals surface area contributed by atoms with Crippen LogP contribution in [0.25, 0.3) is 0 Å². The molecule has 0 N–H and O–H groups in total. The van der Waals surface area contributed by atoms with E-state index in [1.807, 2.05) is 26.2 Å². The summed E-state index contributed by atoms with van der Waals surface area (Å²) in [6.07, 6.45) is 0. The van der Waals surface area contributed by atoms with Crippen LogP contribution >= 0.6 is 27.3 Å². The van der Waals surface area contributed by atoms with Crippen molar-refractivity contribution in [3.05, 3.63) is 16.1 Å². The lowest BCUT2D eigenvalue weighted by Crippen LogP contribution is -2.38. The molecule has 1 rings (SSSR count). The Kier molecular flexibility index (Phi) is 3.89. The topological polar surface area (TPSA) is 33.2 Å². The van der Waals surface area contributed by atoms with E-state index in [1.165, 1.54) is 0 Å². The molecule has 1 aromatic rings. The number of rotatable bonds is 3. The molecule has 1 amide bonds. The third-order valence-electron chi connectivity index (χ3n) is 1.92. The van der Waals surface area contributed by atoms with E-state index in [4.69, 9.17) is 0 Å². The maximum absolute atomic E-state index is 11.8. The molecule has 1 heterocycles. The number of aromatic nitrogens is 1. The second kappa shape index (κ2) is 4.61. The second-order valence-corrected chi connectivity index (χ2v) is 7.04. The lowest BCUT2D eigenvalue weighted by molar-refractivity contribution is -0.132. The molecule has 0 radical (unpaired) electrons. The molecule has 0 aliphatic carbocycles. The molecule has 3 nitrogen and oxygen atoms in total. The minimum Gasteiger partial charge on any atom is -0.339 e. The Balaban J connectivity index is 2.64. The van der Waals surface area contributed by atoms with Gasteiger partial charge in [0.05, 0.1) is 21.6 Å². The van der Waals surface area contributed by atoms with Crippen LogP contribution in [0.3, 0.4) is 0 Å². The van der Waals surface area contributed by atoms with Crippen LogP contribution in [-0.2, 0) is 11.3 Å². The standard InChI is InChI=1S/C10H15BrN2OS/c1-7-12-8(6-15-7)5-13(4)9(14)10(2,3)11/h6H,5H2,1-4H3. The van der Waals surface area contributed by atoms with Crippen LogP contribution in [-0.4, -0.2) is 27.2 Å². The van der Waals surface area contributed by atoms with Crippen LogP contribution in [0.5, 0.6) is 0 Å². The van der Waals surface area contributed by atoms with Gasteiger partial charge in [-0.2, -0.15) is 0 Å². The van der Waals surface area contributed by atoms with Crippen molar-refractivity contribution < 1.29 is 4.79 Å². The predicted molar refractivity (Wildman–Crippen MR) is 66.3 cm³/mol. The lowest BCUT2D eigenvalue weighted by atomic mass is 10.2. The van der Waals surface area contributed by atoms with Gasteiger partial charge >= 0.3 is 0 Å². The summed E-state index contributed by atoms with van der Waals surface area (Å²) in [4.78, 5) is 17.8. The summed E-state index contributed by atoms with van der Waals surface area (Å²) in [5.74, 6) is 0.0631. The minimum absolute atomic E-state index is 0.0631. The summed E-state index contributed by atoms with van der Waals surface area (Å²) in [5.41, 5.74) is 0.949. The van der Waals surface area contributed by atoms with Crippen molar-refractivity contribution in [2.45, 2.75) is 31.6 Å². The van der Waals surface area contributed by atoms with Gasteiger partial charge in [0.25, 0.3) is 0 Å². The van der Waals surface area contributed by atoms with Crippen LogP contribution in [0.15, 0.2) is 5.38 Å². The molecular formula is C10H15BrN2OS. The molecule has 84 valence electrons. The van der Waals surface area contributed by atoms with Crippen LogP contribution in [0.4, 0.5) is 0 Å². The summed E-state index contributed by atoms with van der Waals surface area (Å²) in [7, 11) is 1.79. The lowest BCUT2D eigenvalue weighted by Gasteiger charge is -2.23. The summed E-state index contributed by atoms with van der Waals surface area (Å²) in [6.45, 7) is 6.22. The predicted octanol–water partition coefficient (Wildman–Crippen LogP) is 2.58. The smallest absolute Gasteiger partial charge is 0.238 e. The van der Waals surface area contributed by atoms with Gasteiger partial charge in [-0.05, 0) is 20.8 Å². The monoisotopic (exact) mass is 290 g/mol. The maximum atomic E-state index is 11.8. The summed E-state index contributed by atoms with van der Waals surface area (Å²) in [5, 5.41) is 3.02. The molecule has 1 aromatic heterocycles. The number of aryl methyl sites for hydroxylation is 1. The van der Waals surface area contributed by atoms with Crippen LogP contribution in [0.1, 0.15) is 24.5 Å². The van der Waals surface area contributed by atoms with E-state index in [-0.39, 0.29) is 5.91 Å². The Bertz CT molecular complexity index is 357. The zero-order valence-electron chi connectivity index (χ0n) is 9.37. The molecule has 0 saturated carbocycles. The highest BCUT2D eigenvalue weighted by atomic mass is 79.9. The first kappa shape index (κ1) is 12.6. The number of hydrogen-bond acceptors (Lipinski definition) is 3. The Labute approximate surface area is 103 Å². The molecule has 0 unspecified atom stereocenters. The molecule has 0 spiro atoms. The quantitative estimate of drug-likeness (QED) is 0.802. The van der Waals surface area contributed by atoms with Crippen molar-refractivity contribution in [1.29, 1.82) is 0 Å². The minimum atomic E-state index is -0.507. The van der Waals surface area contributed by atoms with Gasteiger partial charge in [0.2, 0.25) is 5.91 Å². The number of nitrogens with zero attached hydrogens (tertiary/aromatic N) is 2. The van der Waals surface area contributed by atoms with E-state index in [1.54, 1.807) is 23.3 Å². The van der Waals surface area contributed by atoms with Gasteiger partial charge in [0, 0.05) is 12.4 Å². The molecule has 0 bridgehead atoms. The molecule has 0 atom stereocenters. The van der Waals surface area contributed by atoms with Crippen molar-refractivity contribution in [3.8, 4) is 0 Å². The van der Waals surface area contributed by atoms with Gasteiger partial charge < -0.3 is 4.90 Å². The Morgan fingerprint density at radius 2 is 2.27 bits per heavy atom. The van der Waals surface area contributed by atoms with Crippen molar-refractivity contribution in [1.82, 2.24) is 9.88 Å². The largest absolute Gasteiger partial charge is 0.339 e. The second-order valence-electron chi connectivity index (χ2n) is 3.99. The van der Waals surface area contributed by atoms with E-state index < -0.39 is 4.32 Å². The first-order chi connectivity index (χ1) is 6.80. The first-order valence-corrected chi connectivity index (χ1v) is 6.33. The third kappa shape index (κ3) is 3.57. The molecule has 0 aliphatic heterocycles. The van der Waals surface area contributed by atoms with Crippen LogP contribution in [0, 0.1) is 6.92 Å². The van der Waals surface area contributed by atoms with Crippen molar-refractivity contribution in [3.63, 3.8) is 0 Å². The first-order valence-electron chi connectivity index (χ1n) is 4.66. The van der Waals surface area contributed by atoms with Crippen LogP contribution < -0.4 is 0 Å². The summed E-state index contributed by atoms with van der Waals surface area (Å²) >= 11 is 4.96. The van der Waals surface area contributed by atoms with E-state index in [2.05, 4.69) is 20.9 Å². The zero-order chi connectivity index (χ0) is 11.6. The van der Waals surface area contributed by atoms with Gasteiger partial charge in [-0.25, -0.2) is 4.98 Å². The number of carbonyl (C=O) groups excluding carboxylic acids is 1. The number of halogens is 1. The molecule has 0 fully saturated rings. The number of alkyl halides is 1. The van der Waals surface area contributed by atoms with E-state index in [9.17, 15) is 4.79 Å². The molecule has 15 heavy (non-hydrogen) atoms. The number of amides is 1.